The molecule has 0 saturated heterocycles. The molecule has 4 nitrogen and oxygen atoms in total. The van der Waals surface area contributed by atoms with Crippen molar-refractivity contribution >= 4 is 204 Å². The van der Waals surface area contributed by atoms with Gasteiger partial charge in [0.2, 0.25) is 0 Å². The van der Waals surface area contributed by atoms with Gasteiger partial charge in [-0.1, -0.05) is 412 Å². The van der Waals surface area contributed by atoms with E-state index in [2.05, 4.69) is 505 Å². The SMILES string of the molecule is Clc1c(N(c2ccccc2)c2cccc3ccccc23)cc([Si](c2ccccc2)(c2ccccc2)c2ccccc2)cc1N(c1ccccc1)c1cccc2ccccc12.c1ccc(N2c3cc([Si](c4ccccc4)(c4ccccc4)c4ccccc4)cc4c3B(c3ccc5ccccc5c32)c2ccc3ccccc3c2N4c2ccccc2)cc1. The normalized spacial score (nSPS) is 12.2. The van der Waals surface area contributed by atoms with Crippen molar-refractivity contribution in [2.75, 3.05) is 19.6 Å². The third kappa shape index (κ3) is 12.4. The Balaban J connectivity index is 0.000000148. The van der Waals surface area contributed by atoms with E-state index in [1.165, 1.54) is 102 Å². The van der Waals surface area contributed by atoms with Crippen molar-refractivity contribution in [1.82, 2.24) is 0 Å². The second-order valence-corrected chi connectivity index (χ2v) is 39.0. The number of anilines is 12. The molecule has 0 bridgehead atoms. The van der Waals surface area contributed by atoms with Crippen LogP contribution in [0.4, 0.5) is 68.2 Å². The van der Waals surface area contributed by atoms with E-state index in [-0.39, 0.29) is 6.71 Å². The van der Waals surface area contributed by atoms with E-state index in [1.807, 2.05) is 0 Å². The first-order chi connectivity index (χ1) is 59.5. The lowest BCUT2D eigenvalue weighted by Crippen LogP contribution is -2.75. The van der Waals surface area contributed by atoms with Crippen molar-refractivity contribution in [3.63, 3.8) is 0 Å². The van der Waals surface area contributed by atoms with Gasteiger partial charge in [-0.25, -0.2) is 0 Å². The van der Waals surface area contributed by atoms with Gasteiger partial charge in [-0.05, 0) is 164 Å². The number of nitrogens with zero attached hydrogens (tertiary/aromatic N) is 4. The summed E-state index contributed by atoms with van der Waals surface area (Å²) < 4.78 is 0. The second kappa shape index (κ2) is 31.5. The Morgan fingerprint density at radius 3 is 0.800 bits per heavy atom. The lowest BCUT2D eigenvalue weighted by molar-refractivity contribution is 1.26. The van der Waals surface area contributed by atoms with Gasteiger partial charge in [0.15, 0.2) is 16.1 Å². The molecule has 20 aromatic carbocycles. The van der Waals surface area contributed by atoms with Crippen molar-refractivity contribution in [3.05, 3.63) is 490 Å². The van der Waals surface area contributed by atoms with Gasteiger partial charge in [-0.15, -0.1) is 0 Å². The summed E-state index contributed by atoms with van der Waals surface area (Å²) in [4.78, 5) is 9.91. The number of benzene rings is 20. The molecule has 0 fully saturated rings. The van der Waals surface area contributed by atoms with E-state index in [0.29, 0.717) is 5.02 Å². The van der Waals surface area contributed by atoms with Crippen LogP contribution in [-0.4, -0.2) is 22.9 Å². The van der Waals surface area contributed by atoms with Crippen LogP contribution in [0.15, 0.2) is 485 Å². The first-order valence-electron chi connectivity index (χ1n) is 41.3. The molecule has 2 heterocycles. The topological polar surface area (TPSA) is 13.0 Å². The van der Waals surface area contributed by atoms with Gasteiger partial charge in [0.25, 0.3) is 6.71 Å². The Morgan fingerprint density at radius 1 is 0.217 bits per heavy atom. The molecule has 0 atom stereocenters. The maximum Gasteiger partial charge on any atom is 0.252 e. The van der Waals surface area contributed by atoms with Gasteiger partial charge >= 0.3 is 0 Å². The predicted octanol–water partition coefficient (Wildman–Crippen LogP) is 22.4. The van der Waals surface area contributed by atoms with E-state index in [0.717, 1.165) is 67.0 Å². The fourth-order valence-corrected chi connectivity index (χ4v) is 29.3. The quantitative estimate of drug-likeness (QED) is 0.0706. The Labute approximate surface area is 708 Å². The van der Waals surface area contributed by atoms with E-state index >= 15 is 0 Å². The van der Waals surface area contributed by atoms with Gasteiger partial charge in [-0.3, -0.25) is 0 Å². The molecule has 566 valence electrons. The van der Waals surface area contributed by atoms with Gasteiger partial charge in [-0.2, -0.15) is 0 Å². The summed E-state index contributed by atoms with van der Waals surface area (Å²) in [5.74, 6) is 0. The van der Waals surface area contributed by atoms with Crippen LogP contribution in [0.25, 0.3) is 43.1 Å². The average Bonchev–Trinajstić information content (AvgIpc) is 0.678. The Morgan fingerprint density at radius 2 is 0.475 bits per heavy atom. The molecule has 0 aromatic heterocycles. The first-order valence-corrected chi connectivity index (χ1v) is 45.7. The minimum Gasteiger partial charge on any atom is -0.311 e. The number of hydrogen-bond donors (Lipinski definition) is 0. The minimum absolute atomic E-state index is 0.00979. The third-order valence-electron chi connectivity index (χ3n) is 24.5. The summed E-state index contributed by atoms with van der Waals surface area (Å²) in [5.41, 5.74) is 17.1. The molecule has 0 amide bonds. The van der Waals surface area contributed by atoms with Crippen LogP contribution in [0.1, 0.15) is 0 Å². The molecular formula is C112H80BClN4Si2. The molecule has 22 rings (SSSR count). The van der Waals surface area contributed by atoms with E-state index in [1.54, 1.807) is 0 Å². The molecule has 0 N–H and O–H groups in total. The largest absolute Gasteiger partial charge is 0.311 e. The van der Waals surface area contributed by atoms with Crippen LogP contribution >= 0.6 is 11.6 Å². The van der Waals surface area contributed by atoms with Crippen LogP contribution in [0.2, 0.25) is 5.02 Å². The Kier molecular flexibility index (Phi) is 19.2. The Bertz CT molecular complexity index is 6500. The Hall–Kier alpha value is -14.6. The smallest absolute Gasteiger partial charge is 0.252 e. The van der Waals surface area contributed by atoms with Crippen LogP contribution in [0, 0.1) is 0 Å². The maximum absolute atomic E-state index is 8.19. The standard InChI is InChI=1S/C56H39BN2Si.C56H41ClN2Si/c1-6-22-42(23-7-1)58-52-38-47(60(44-26-10-3-11-27-44,45-28-12-4-13-29-45)46-30-14-5-15-31-46)39-53-54(52)57(50-36-34-40-20-16-18-32-48(40)55(50)58)51-37-35-41-21-17-19-33-49(41)56(51)59(53)43-24-8-2-9-25-43;57-56-54(58(44-26-6-1-7-27-44)52-38-20-24-42-22-16-18-36-50(42)52)40-49(60(46-30-10-3-11-31-46,47-32-12-4-13-33-47)48-34-14-5-15-35-48)41-55(56)59(45-28-8-2-9-29-45)53-39-21-25-43-23-17-19-37-51(43)53/h1-39H;1-41H. The highest BCUT2D eigenvalue weighted by Gasteiger charge is 2.49. The molecule has 0 saturated carbocycles. The van der Waals surface area contributed by atoms with E-state index in [9.17, 15) is 0 Å². The molecule has 8 heteroatoms. The van der Waals surface area contributed by atoms with Crippen LogP contribution < -0.4 is 77.5 Å². The molecule has 0 unspecified atom stereocenters. The number of fused-ring (bicyclic) bond motifs is 10. The summed E-state index contributed by atoms with van der Waals surface area (Å²) in [6.07, 6.45) is 0. The summed E-state index contributed by atoms with van der Waals surface area (Å²) in [7, 11) is -6.11. The zero-order valence-corrected chi connectivity index (χ0v) is 68.7. The molecule has 2 aliphatic rings. The zero-order chi connectivity index (χ0) is 79.9. The number of hydrogen-bond acceptors (Lipinski definition) is 4. The van der Waals surface area contributed by atoms with Crippen molar-refractivity contribution < 1.29 is 0 Å². The van der Waals surface area contributed by atoms with Crippen LogP contribution in [0.3, 0.4) is 0 Å². The highest BCUT2D eigenvalue weighted by Crippen LogP contribution is 2.51. The minimum atomic E-state index is -3.10. The van der Waals surface area contributed by atoms with Crippen LogP contribution in [0.5, 0.6) is 0 Å². The number of rotatable bonds is 16. The zero-order valence-electron chi connectivity index (χ0n) is 65.9. The highest BCUT2D eigenvalue weighted by molar-refractivity contribution is 7.20. The lowest BCUT2D eigenvalue weighted by Gasteiger charge is -2.46. The molecule has 120 heavy (non-hydrogen) atoms. The maximum atomic E-state index is 8.19. The van der Waals surface area contributed by atoms with Gasteiger partial charge < -0.3 is 19.6 Å². The molecule has 0 aliphatic carbocycles. The highest BCUT2D eigenvalue weighted by atomic mass is 35.5. The van der Waals surface area contributed by atoms with E-state index in [4.69, 9.17) is 11.6 Å². The molecule has 0 radical (unpaired) electrons. The summed E-state index contributed by atoms with van der Waals surface area (Å²) >= 11 is 8.19. The number of para-hydroxylation sites is 4. The van der Waals surface area contributed by atoms with Crippen molar-refractivity contribution in [3.8, 4) is 0 Å². The monoisotopic (exact) mass is 1580 g/mol. The molecule has 2 aliphatic heterocycles. The van der Waals surface area contributed by atoms with Crippen molar-refractivity contribution in [1.29, 1.82) is 0 Å². The van der Waals surface area contributed by atoms with Crippen LogP contribution in [-0.2, 0) is 0 Å². The molecular weight excluding hydrogens is 1500 g/mol. The molecule has 0 spiro atoms. The van der Waals surface area contributed by atoms with E-state index < -0.39 is 16.1 Å². The fraction of sp³-hybridized carbons (Fsp3) is 0. The lowest BCUT2D eigenvalue weighted by atomic mass is 9.33. The third-order valence-corrected chi connectivity index (χ3v) is 34.4. The van der Waals surface area contributed by atoms with Gasteiger partial charge in [0, 0.05) is 67.0 Å². The average molecular weight is 1580 g/mol. The predicted molar refractivity (Wildman–Crippen MR) is 519 cm³/mol. The summed E-state index contributed by atoms with van der Waals surface area (Å²) in [5, 5.41) is 20.7. The fourth-order valence-electron chi connectivity index (χ4n) is 19.5. The van der Waals surface area contributed by atoms with Crippen molar-refractivity contribution in [2.45, 2.75) is 0 Å². The second-order valence-electron chi connectivity index (χ2n) is 31.0. The summed E-state index contributed by atoms with van der Waals surface area (Å²) in [6, 6.07) is 178. The first kappa shape index (κ1) is 73.1. The van der Waals surface area contributed by atoms with Gasteiger partial charge in [0.1, 0.15) is 0 Å². The number of halogens is 1. The molecule has 20 aromatic rings. The van der Waals surface area contributed by atoms with Crippen molar-refractivity contribution in [2.24, 2.45) is 0 Å². The summed E-state index contributed by atoms with van der Waals surface area (Å²) in [6.45, 7) is -0.00979. The van der Waals surface area contributed by atoms with Gasteiger partial charge in [0.05, 0.1) is 27.8 Å².